The van der Waals surface area contributed by atoms with E-state index in [0.717, 1.165) is 0 Å². The largest absolute Gasteiger partial charge is 0.481 e. The van der Waals surface area contributed by atoms with Crippen molar-refractivity contribution in [3.63, 3.8) is 0 Å². The van der Waals surface area contributed by atoms with Gasteiger partial charge in [0, 0.05) is 0 Å². The summed E-state index contributed by atoms with van der Waals surface area (Å²) in [7, 11) is 0. The predicted octanol–water partition coefficient (Wildman–Crippen LogP) is 6.22. The van der Waals surface area contributed by atoms with Gasteiger partial charge in [0.05, 0.1) is 0 Å². The lowest BCUT2D eigenvalue weighted by molar-refractivity contribution is -0.262. The topological polar surface area (TPSA) is 132 Å². The van der Waals surface area contributed by atoms with Gasteiger partial charge >= 0.3 is 17.9 Å². The second kappa shape index (κ2) is 11.9. The Morgan fingerprint density at radius 2 is 1.03 bits per heavy atom. The lowest BCUT2D eigenvalue weighted by Crippen LogP contribution is -2.76. The first-order valence-electron chi connectivity index (χ1n) is 13.0. The van der Waals surface area contributed by atoms with Gasteiger partial charge in [0.2, 0.25) is 0 Å². The highest BCUT2D eigenvalue weighted by Crippen LogP contribution is 2.67. The van der Waals surface area contributed by atoms with Crippen LogP contribution >= 0.6 is 0 Å². The van der Waals surface area contributed by atoms with Crippen LogP contribution in [-0.4, -0.2) is 43.9 Å². The molecule has 0 saturated heterocycles. The Morgan fingerprint density at radius 1 is 0.647 bits per heavy atom. The Kier molecular flexibility index (Phi) is 11.3. The minimum Gasteiger partial charge on any atom is -0.481 e. The van der Waals surface area contributed by atoms with Gasteiger partial charge in [-0.25, -0.2) is 4.79 Å². The van der Waals surface area contributed by atoms with Crippen LogP contribution in [0.15, 0.2) is 0 Å². The first kappa shape index (κ1) is 32.4. The molecule has 4 N–H and O–H groups in total. The summed E-state index contributed by atoms with van der Waals surface area (Å²) in [6.07, 6.45) is 3.59. The minimum absolute atomic E-state index is 0.283. The third-order valence-corrected chi connectivity index (χ3v) is 9.18. The van der Waals surface area contributed by atoms with Gasteiger partial charge in [0.25, 0.3) is 0 Å². The van der Waals surface area contributed by atoms with Crippen molar-refractivity contribution in [2.75, 3.05) is 0 Å². The third kappa shape index (κ3) is 4.74. The van der Waals surface area contributed by atoms with Gasteiger partial charge < -0.3 is 20.4 Å². The second-order valence-corrected chi connectivity index (χ2v) is 11.0. The Hall–Kier alpha value is -1.63. The monoisotopic (exact) mass is 486 g/mol. The SMILES string of the molecule is CCCC(C)(CC)C(C(=O)O)C(O)(C(=O)O)C(C(=O)O)(C(C)(CC)CCC)C(C)(CC)CCC. The maximum Gasteiger partial charge on any atom is 0.337 e. The zero-order valence-corrected chi connectivity index (χ0v) is 23.0. The Morgan fingerprint density at radius 3 is 1.24 bits per heavy atom. The number of carboxylic acid groups (broad SMARTS) is 3. The zero-order valence-electron chi connectivity index (χ0n) is 23.0. The Balaban J connectivity index is 8.28. The lowest BCUT2D eigenvalue weighted by Gasteiger charge is -2.63. The minimum atomic E-state index is -3.05. The Labute approximate surface area is 206 Å². The molecule has 0 radical (unpaired) electrons. The van der Waals surface area contributed by atoms with Gasteiger partial charge in [-0.3, -0.25) is 9.59 Å². The third-order valence-electron chi connectivity index (χ3n) is 9.18. The van der Waals surface area contributed by atoms with Crippen LogP contribution in [0.5, 0.6) is 0 Å². The number of aliphatic carboxylic acids is 3. The number of aliphatic hydroxyl groups is 1. The number of hydrogen-bond acceptors (Lipinski definition) is 4. The summed E-state index contributed by atoms with van der Waals surface area (Å²) in [4.78, 5) is 39.8. The summed E-state index contributed by atoms with van der Waals surface area (Å²) in [5.41, 5.74) is -8.81. The molecule has 7 heteroatoms. The van der Waals surface area contributed by atoms with Crippen molar-refractivity contribution in [1.82, 2.24) is 0 Å². The molecule has 0 saturated carbocycles. The molecule has 0 aromatic carbocycles. The van der Waals surface area contributed by atoms with E-state index in [9.17, 15) is 34.8 Å². The van der Waals surface area contributed by atoms with Crippen molar-refractivity contribution in [3.8, 4) is 0 Å². The second-order valence-electron chi connectivity index (χ2n) is 11.0. The van der Waals surface area contributed by atoms with Crippen molar-refractivity contribution >= 4 is 17.9 Å². The standard InChI is InChI=1S/C27H50O7/c1-10-16-23(7,13-4)19(20(28)29)26(34,21(30)31)27(22(32)33,24(8,14-5)17-11-2)25(9,15-6)18-12-3/h19,34H,10-18H2,1-9H3,(H,28,29)(H,30,31)(H,32,33). The van der Waals surface area contributed by atoms with Crippen molar-refractivity contribution in [3.05, 3.63) is 0 Å². The number of hydrogen-bond donors (Lipinski definition) is 4. The van der Waals surface area contributed by atoms with Crippen LogP contribution in [0.1, 0.15) is 120 Å². The van der Waals surface area contributed by atoms with Crippen molar-refractivity contribution in [1.29, 1.82) is 0 Å². The van der Waals surface area contributed by atoms with Crippen molar-refractivity contribution in [2.45, 2.75) is 126 Å². The van der Waals surface area contributed by atoms with Crippen LogP contribution in [-0.2, 0) is 14.4 Å². The first-order chi connectivity index (χ1) is 15.6. The summed E-state index contributed by atoms with van der Waals surface area (Å²) in [6, 6.07) is 0. The molecule has 0 fully saturated rings. The normalized spacial score (nSPS) is 21.7. The van der Waals surface area contributed by atoms with Gasteiger partial charge in [0.15, 0.2) is 5.60 Å². The van der Waals surface area contributed by atoms with Gasteiger partial charge in [-0.05, 0) is 54.8 Å². The lowest BCUT2D eigenvalue weighted by atomic mass is 9.38. The van der Waals surface area contributed by atoms with E-state index < -0.39 is 51.1 Å². The van der Waals surface area contributed by atoms with E-state index in [2.05, 4.69) is 0 Å². The molecule has 200 valence electrons. The number of rotatable bonds is 17. The van der Waals surface area contributed by atoms with Crippen molar-refractivity contribution < 1.29 is 34.8 Å². The molecule has 0 heterocycles. The Bertz CT molecular complexity index is 700. The zero-order chi connectivity index (χ0) is 27.2. The molecule has 0 spiro atoms. The van der Waals surface area contributed by atoms with Crippen LogP contribution in [0.4, 0.5) is 0 Å². The highest BCUT2D eigenvalue weighted by molar-refractivity contribution is 5.95. The molecule has 0 rings (SSSR count). The van der Waals surface area contributed by atoms with E-state index in [-0.39, 0.29) is 19.3 Å². The molecular weight excluding hydrogens is 436 g/mol. The summed E-state index contributed by atoms with van der Waals surface area (Å²) >= 11 is 0. The first-order valence-corrected chi connectivity index (χ1v) is 13.0. The fraction of sp³-hybridized carbons (Fsp3) is 0.889. The average molecular weight is 487 g/mol. The van der Waals surface area contributed by atoms with E-state index in [4.69, 9.17) is 0 Å². The number of carbonyl (C=O) groups is 3. The fourth-order valence-electron chi connectivity index (χ4n) is 7.27. The van der Waals surface area contributed by atoms with Gasteiger partial charge in [-0.2, -0.15) is 0 Å². The van der Waals surface area contributed by atoms with E-state index in [1.165, 1.54) is 0 Å². The molecule has 0 aromatic rings. The highest BCUT2D eigenvalue weighted by Gasteiger charge is 2.79. The fourth-order valence-corrected chi connectivity index (χ4v) is 7.27. The van der Waals surface area contributed by atoms with E-state index >= 15 is 0 Å². The summed E-state index contributed by atoms with van der Waals surface area (Å²) in [5, 5.41) is 44.9. The molecule has 0 amide bonds. The van der Waals surface area contributed by atoms with Crippen molar-refractivity contribution in [2.24, 2.45) is 27.6 Å². The van der Waals surface area contributed by atoms with E-state index in [1.54, 1.807) is 41.5 Å². The highest BCUT2D eigenvalue weighted by atomic mass is 16.4. The van der Waals surface area contributed by atoms with Crippen LogP contribution in [0.2, 0.25) is 0 Å². The van der Waals surface area contributed by atoms with Crippen LogP contribution < -0.4 is 0 Å². The van der Waals surface area contributed by atoms with Crippen LogP contribution in [0.25, 0.3) is 0 Å². The van der Waals surface area contributed by atoms with Crippen LogP contribution in [0.3, 0.4) is 0 Å². The molecule has 0 aliphatic rings. The summed E-state index contributed by atoms with van der Waals surface area (Å²) < 4.78 is 0. The van der Waals surface area contributed by atoms with Gasteiger partial charge in [0.1, 0.15) is 11.3 Å². The molecule has 5 unspecified atom stereocenters. The van der Waals surface area contributed by atoms with Gasteiger partial charge in [-0.15, -0.1) is 0 Å². The van der Waals surface area contributed by atoms with Crippen LogP contribution in [0, 0.1) is 27.6 Å². The molecule has 0 bridgehead atoms. The molecule has 34 heavy (non-hydrogen) atoms. The molecule has 0 aliphatic carbocycles. The van der Waals surface area contributed by atoms with E-state index in [0.29, 0.717) is 38.5 Å². The maximum absolute atomic E-state index is 13.6. The molecule has 5 atom stereocenters. The maximum atomic E-state index is 13.6. The molecule has 0 aromatic heterocycles. The molecule has 0 aliphatic heterocycles. The average Bonchev–Trinajstić information content (AvgIpc) is 2.73. The summed E-state index contributed by atoms with van der Waals surface area (Å²) in [6.45, 7) is 16.2. The molecule has 7 nitrogen and oxygen atoms in total. The van der Waals surface area contributed by atoms with E-state index in [1.807, 2.05) is 20.8 Å². The quantitative estimate of drug-likeness (QED) is 0.192. The molecular formula is C27H50O7. The number of carboxylic acids is 3. The predicted molar refractivity (Wildman–Crippen MR) is 134 cm³/mol. The van der Waals surface area contributed by atoms with Gasteiger partial charge in [-0.1, -0.05) is 81.6 Å². The smallest absolute Gasteiger partial charge is 0.337 e. The summed E-state index contributed by atoms with van der Waals surface area (Å²) in [5.74, 6) is -6.50.